The first kappa shape index (κ1) is 20.5. The van der Waals surface area contributed by atoms with Gasteiger partial charge in [-0.3, -0.25) is 19.2 Å². The number of carbonyl (C=O) groups is 4. The van der Waals surface area contributed by atoms with E-state index in [1.165, 1.54) is 22.3 Å². The fourth-order valence-electron chi connectivity index (χ4n) is 8.19. The first-order valence-electron chi connectivity index (χ1n) is 12.8. The van der Waals surface area contributed by atoms with Crippen LogP contribution in [0.2, 0.25) is 0 Å². The van der Waals surface area contributed by atoms with E-state index in [1.807, 2.05) is 24.3 Å². The van der Waals surface area contributed by atoms with Gasteiger partial charge in [0.2, 0.25) is 0 Å². The Morgan fingerprint density at radius 3 is 0.853 bits per heavy atom. The van der Waals surface area contributed by atoms with Crippen LogP contribution in [-0.2, 0) is 44.9 Å². The lowest BCUT2D eigenvalue weighted by molar-refractivity contribution is -0.161. The van der Waals surface area contributed by atoms with E-state index < -0.39 is 23.7 Å². The molecule has 7 rings (SSSR count). The summed E-state index contributed by atoms with van der Waals surface area (Å²) in [5.74, 6) is -2.03. The van der Waals surface area contributed by atoms with Gasteiger partial charge in [0.05, 0.1) is 0 Å². The van der Waals surface area contributed by atoms with Crippen LogP contribution < -0.4 is 0 Å². The molecule has 4 nitrogen and oxygen atoms in total. The Morgan fingerprint density at radius 2 is 0.618 bits per heavy atom. The predicted molar refractivity (Wildman–Crippen MR) is 125 cm³/mol. The highest BCUT2D eigenvalue weighted by molar-refractivity contribution is 6.04. The molecule has 2 aromatic rings. The molecule has 0 aromatic heterocycles. The van der Waals surface area contributed by atoms with Crippen molar-refractivity contribution in [3.8, 4) is 0 Å². The van der Waals surface area contributed by atoms with Gasteiger partial charge in [0.25, 0.3) is 0 Å². The second-order valence-corrected chi connectivity index (χ2v) is 11.3. The molecular formula is C30H28O4. The third kappa shape index (κ3) is 2.77. The van der Waals surface area contributed by atoms with Gasteiger partial charge in [-0.2, -0.15) is 0 Å². The number of Topliss-reactive ketones (excluding diaryl/α,β-unsaturated/α-hetero) is 4. The van der Waals surface area contributed by atoms with E-state index in [-0.39, 0.29) is 46.8 Å². The van der Waals surface area contributed by atoms with Crippen LogP contribution in [0.25, 0.3) is 0 Å². The maximum absolute atomic E-state index is 13.7. The third-order valence-electron chi connectivity index (χ3n) is 9.88. The molecule has 0 amide bonds. The van der Waals surface area contributed by atoms with Gasteiger partial charge in [0.15, 0.2) is 0 Å². The number of fused-ring (bicyclic) bond motifs is 6. The average molecular weight is 453 g/mol. The van der Waals surface area contributed by atoms with Gasteiger partial charge in [-0.25, -0.2) is 0 Å². The van der Waals surface area contributed by atoms with Crippen LogP contribution in [0.4, 0.5) is 0 Å². The van der Waals surface area contributed by atoms with E-state index in [0.29, 0.717) is 38.5 Å². The molecule has 0 unspecified atom stereocenters. The lowest BCUT2D eigenvalue weighted by Crippen LogP contribution is -2.59. The minimum atomic E-state index is -0.399. The highest BCUT2D eigenvalue weighted by Crippen LogP contribution is 2.53. The maximum Gasteiger partial charge on any atom is 0.140 e. The molecule has 0 aliphatic heterocycles. The molecule has 8 atom stereocenters. The zero-order valence-electron chi connectivity index (χ0n) is 19.1. The van der Waals surface area contributed by atoms with Crippen molar-refractivity contribution in [2.75, 3.05) is 0 Å². The number of rotatable bonds is 0. The summed E-state index contributed by atoms with van der Waals surface area (Å²) in [6.07, 6.45) is 3.27. The van der Waals surface area contributed by atoms with Crippen LogP contribution in [-0.4, -0.2) is 23.1 Å². The summed E-state index contributed by atoms with van der Waals surface area (Å²) in [6.45, 7) is 0. The summed E-state index contributed by atoms with van der Waals surface area (Å²) in [7, 11) is 0. The summed E-state index contributed by atoms with van der Waals surface area (Å²) in [5.41, 5.74) is 4.68. The van der Waals surface area contributed by atoms with Crippen molar-refractivity contribution in [1.82, 2.24) is 0 Å². The molecule has 0 N–H and O–H groups in total. The second kappa shape index (κ2) is 7.31. The van der Waals surface area contributed by atoms with Gasteiger partial charge < -0.3 is 0 Å². The van der Waals surface area contributed by atoms with Crippen molar-refractivity contribution < 1.29 is 19.2 Å². The molecule has 4 heteroatoms. The molecule has 0 heterocycles. The Kier molecular flexibility index (Phi) is 4.40. The van der Waals surface area contributed by atoms with Crippen molar-refractivity contribution in [2.24, 2.45) is 47.3 Å². The van der Waals surface area contributed by atoms with Crippen LogP contribution >= 0.6 is 0 Å². The Hall–Kier alpha value is -2.88. The van der Waals surface area contributed by atoms with Gasteiger partial charge in [-0.1, -0.05) is 48.5 Å². The highest BCUT2D eigenvalue weighted by atomic mass is 16.2. The lowest BCUT2D eigenvalue weighted by Gasteiger charge is -2.50. The number of hydrogen-bond acceptors (Lipinski definition) is 4. The maximum atomic E-state index is 13.7. The molecule has 0 saturated heterocycles. The van der Waals surface area contributed by atoms with E-state index in [4.69, 9.17) is 0 Å². The Morgan fingerprint density at radius 1 is 0.382 bits per heavy atom. The van der Waals surface area contributed by atoms with Crippen LogP contribution in [0.1, 0.15) is 35.1 Å². The number of hydrogen-bond donors (Lipinski definition) is 0. The SMILES string of the molecule is O=C1[C@H]2C[C@H]3C(=O)[C@H]4Cc5ccccc5C[C@H]4C(=O)[C@H]3C[C@H]2C(=O)[C@H]2Cc3ccccc3C[C@@H]12. The Labute approximate surface area is 199 Å². The third-order valence-corrected chi connectivity index (χ3v) is 9.88. The van der Waals surface area contributed by atoms with Crippen molar-refractivity contribution in [3.05, 3.63) is 70.8 Å². The van der Waals surface area contributed by atoms with Crippen molar-refractivity contribution >= 4 is 23.1 Å². The lowest BCUT2D eigenvalue weighted by atomic mass is 9.50. The smallest absolute Gasteiger partial charge is 0.140 e. The zero-order chi connectivity index (χ0) is 23.1. The van der Waals surface area contributed by atoms with Gasteiger partial charge in [-0.15, -0.1) is 0 Å². The van der Waals surface area contributed by atoms with E-state index >= 15 is 0 Å². The standard InChI is InChI=1S/C30H28O4/c31-27-19-9-15-5-1-2-6-16(15)10-20(19)28(32)24-14-26-25(13-23(24)27)29(33)21-11-17-7-3-4-8-18(17)12-22(21)30(26)34/h1-8,19-26H,9-14H2/t19-,20+,21+,22-,23+,24-,25-,26+. The molecule has 3 saturated carbocycles. The number of carbonyl (C=O) groups excluding carboxylic acids is 4. The van der Waals surface area contributed by atoms with E-state index in [0.717, 1.165) is 0 Å². The summed E-state index contributed by atoms with van der Waals surface area (Å²) in [4.78, 5) is 54.8. The van der Waals surface area contributed by atoms with Crippen molar-refractivity contribution in [1.29, 1.82) is 0 Å². The fraction of sp³-hybridized carbons (Fsp3) is 0.467. The molecule has 5 aliphatic carbocycles. The zero-order valence-corrected chi connectivity index (χ0v) is 19.1. The molecular weight excluding hydrogens is 424 g/mol. The molecule has 0 radical (unpaired) electrons. The van der Waals surface area contributed by atoms with E-state index in [9.17, 15) is 19.2 Å². The molecule has 3 fully saturated rings. The minimum absolute atomic E-state index is 0.166. The van der Waals surface area contributed by atoms with Gasteiger partial charge in [0, 0.05) is 47.3 Å². The monoisotopic (exact) mass is 452 g/mol. The average Bonchev–Trinajstić information content (AvgIpc) is 2.88. The molecule has 5 aliphatic rings. The first-order valence-corrected chi connectivity index (χ1v) is 12.8. The summed E-state index contributed by atoms with van der Waals surface area (Å²) in [6, 6.07) is 16.2. The van der Waals surface area contributed by atoms with Crippen LogP contribution in [0.15, 0.2) is 48.5 Å². The van der Waals surface area contributed by atoms with Crippen LogP contribution in [0, 0.1) is 47.3 Å². The summed E-state index contributed by atoms with van der Waals surface area (Å²) < 4.78 is 0. The largest absolute Gasteiger partial charge is 0.299 e. The normalized spacial score (nSPS) is 38.1. The fourth-order valence-corrected chi connectivity index (χ4v) is 8.19. The Bertz CT molecular complexity index is 1070. The molecule has 0 spiro atoms. The summed E-state index contributed by atoms with van der Waals surface area (Å²) >= 11 is 0. The van der Waals surface area contributed by atoms with Gasteiger partial charge in [0.1, 0.15) is 23.1 Å². The topological polar surface area (TPSA) is 68.3 Å². The van der Waals surface area contributed by atoms with Gasteiger partial charge >= 0.3 is 0 Å². The molecule has 0 bridgehead atoms. The first-order chi connectivity index (χ1) is 16.5. The minimum Gasteiger partial charge on any atom is -0.299 e. The summed E-state index contributed by atoms with van der Waals surface area (Å²) in [5, 5.41) is 0. The van der Waals surface area contributed by atoms with E-state index in [1.54, 1.807) is 0 Å². The van der Waals surface area contributed by atoms with Crippen molar-refractivity contribution in [3.63, 3.8) is 0 Å². The Balaban J connectivity index is 1.21. The van der Waals surface area contributed by atoms with Gasteiger partial charge in [-0.05, 0) is 60.8 Å². The molecule has 34 heavy (non-hydrogen) atoms. The predicted octanol–water partition coefficient (Wildman–Crippen LogP) is 3.61. The quantitative estimate of drug-likeness (QED) is 0.612. The van der Waals surface area contributed by atoms with Crippen molar-refractivity contribution in [2.45, 2.75) is 38.5 Å². The van der Waals surface area contributed by atoms with Crippen LogP contribution in [0.3, 0.4) is 0 Å². The molecule has 2 aromatic carbocycles. The van der Waals surface area contributed by atoms with E-state index in [2.05, 4.69) is 24.3 Å². The second-order valence-electron chi connectivity index (χ2n) is 11.3. The number of benzene rings is 2. The number of ketones is 4. The highest BCUT2D eigenvalue weighted by Gasteiger charge is 2.59. The molecule has 172 valence electrons. The van der Waals surface area contributed by atoms with Crippen LogP contribution in [0.5, 0.6) is 0 Å².